The molecule has 4 amide bonds. The van der Waals surface area contributed by atoms with Gasteiger partial charge in [0.1, 0.15) is 17.6 Å². The van der Waals surface area contributed by atoms with Crippen LogP contribution in [-0.2, 0) is 9.59 Å². The van der Waals surface area contributed by atoms with Gasteiger partial charge in [0.2, 0.25) is 5.91 Å². The average molecular weight is 460 g/mol. The van der Waals surface area contributed by atoms with Gasteiger partial charge in [-0.05, 0) is 54.9 Å². The number of carbonyl (C=O) groups is 3. The lowest BCUT2D eigenvalue weighted by Gasteiger charge is -2.43. The van der Waals surface area contributed by atoms with E-state index in [1.54, 1.807) is 17.6 Å². The van der Waals surface area contributed by atoms with Crippen molar-refractivity contribution in [2.75, 3.05) is 11.9 Å². The quantitative estimate of drug-likeness (QED) is 0.660. The van der Waals surface area contributed by atoms with Crippen LogP contribution in [0.3, 0.4) is 0 Å². The number of aromatic nitrogens is 2. The van der Waals surface area contributed by atoms with E-state index in [4.69, 9.17) is 0 Å². The van der Waals surface area contributed by atoms with Crippen LogP contribution in [0.25, 0.3) is 0 Å². The van der Waals surface area contributed by atoms with Crippen molar-refractivity contribution >= 4 is 46.6 Å². The van der Waals surface area contributed by atoms with Gasteiger partial charge in [-0.3, -0.25) is 14.5 Å². The molecule has 1 aliphatic carbocycles. The maximum Gasteiger partial charge on any atom is 0.325 e. The molecule has 0 bridgehead atoms. The molecule has 1 aliphatic heterocycles. The number of amides is 4. The maximum atomic E-state index is 13.2. The predicted molar refractivity (Wildman–Crippen MR) is 119 cm³/mol. The molecular formula is C21H25N5O3S2. The number of carbonyl (C=O) groups excluding carboxylic acids is 3. The summed E-state index contributed by atoms with van der Waals surface area (Å²) in [6, 6.07) is 6.81. The molecule has 1 saturated heterocycles. The van der Waals surface area contributed by atoms with Gasteiger partial charge >= 0.3 is 6.03 Å². The van der Waals surface area contributed by atoms with E-state index in [-0.39, 0.29) is 17.9 Å². The van der Waals surface area contributed by atoms with Crippen LogP contribution < -0.4 is 10.6 Å². The van der Waals surface area contributed by atoms with E-state index < -0.39 is 17.5 Å². The van der Waals surface area contributed by atoms with Gasteiger partial charge in [-0.25, -0.2) is 4.79 Å². The van der Waals surface area contributed by atoms with Crippen LogP contribution in [0.4, 0.5) is 10.5 Å². The van der Waals surface area contributed by atoms with Crippen LogP contribution in [0.5, 0.6) is 0 Å². The van der Waals surface area contributed by atoms with Crippen LogP contribution in [0, 0.1) is 11.3 Å². The Balaban J connectivity index is 1.38. The summed E-state index contributed by atoms with van der Waals surface area (Å²) in [5, 5.41) is 13.5. The largest absolute Gasteiger partial charge is 0.325 e. The third-order valence-electron chi connectivity index (χ3n) is 5.61. The topological polar surface area (TPSA) is 104 Å². The number of hydrogen-bond donors (Lipinski definition) is 2. The van der Waals surface area contributed by atoms with Crippen LogP contribution in [0.15, 0.2) is 39.0 Å². The molecule has 164 valence electrons. The van der Waals surface area contributed by atoms with Crippen LogP contribution in [0.1, 0.15) is 40.0 Å². The Kier molecular flexibility index (Phi) is 5.78. The average Bonchev–Trinajstić information content (AvgIpc) is 3.24. The first-order valence-corrected chi connectivity index (χ1v) is 11.8. The van der Waals surface area contributed by atoms with Crippen molar-refractivity contribution in [2.24, 2.45) is 11.3 Å². The Hall–Kier alpha value is -2.46. The van der Waals surface area contributed by atoms with E-state index in [2.05, 4.69) is 41.6 Å². The number of imide groups is 1. The standard InChI is InChI=1S/C21H25N5O3S2/c1-13-8-20(2,3)11-21(9-13)17(28)26(18(29)24-21)10-16(27)23-14-4-6-15(7-5-14)31-19-25-22-12-30-19/h4-7,12-13H,8-11H2,1-3H3,(H,23,27)(H,24,29)/t13-,21-/m1/s1. The second-order valence-electron chi connectivity index (χ2n) is 9.14. The highest BCUT2D eigenvalue weighted by molar-refractivity contribution is 8.01. The Morgan fingerprint density at radius 3 is 2.68 bits per heavy atom. The fraction of sp³-hybridized carbons (Fsp3) is 0.476. The monoisotopic (exact) mass is 459 g/mol. The minimum atomic E-state index is -0.901. The van der Waals surface area contributed by atoms with E-state index in [1.165, 1.54) is 23.1 Å². The summed E-state index contributed by atoms with van der Waals surface area (Å²) < 4.78 is 0.837. The van der Waals surface area contributed by atoms with Crippen molar-refractivity contribution in [1.82, 2.24) is 20.4 Å². The second kappa shape index (κ2) is 8.23. The van der Waals surface area contributed by atoms with Gasteiger partial charge in [0, 0.05) is 10.6 Å². The number of urea groups is 1. The Bertz CT molecular complexity index is 993. The van der Waals surface area contributed by atoms with E-state index in [9.17, 15) is 14.4 Å². The molecule has 10 heteroatoms. The molecule has 8 nitrogen and oxygen atoms in total. The molecule has 31 heavy (non-hydrogen) atoms. The summed E-state index contributed by atoms with van der Waals surface area (Å²) in [5.41, 5.74) is 1.32. The van der Waals surface area contributed by atoms with E-state index in [0.717, 1.165) is 20.6 Å². The summed E-state index contributed by atoms with van der Waals surface area (Å²) in [6.45, 7) is 6.03. The minimum absolute atomic E-state index is 0.0483. The van der Waals surface area contributed by atoms with Crippen LogP contribution in [-0.4, -0.2) is 45.0 Å². The molecule has 1 aromatic carbocycles. The summed E-state index contributed by atoms with van der Waals surface area (Å²) in [4.78, 5) is 40.3. The first kappa shape index (κ1) is 21.8. The number of benzene rings is 1. The molecule has 1 saturated carbocycles. The summed E-state index contributed by atoms with van der Waals surface area (Å²) in [6.07, 6.45) is 2.19. The van der Waals surface area contributed by atoms with Crippen molar-refractivity contribution in [1.29, 1.82) is 0 Å². The van der Waals surface area contributed by atoms with Gasteiger partial charge in [0.05, 0.1) is 0 Å². The Morgan fingerprint density at radius 1 is 1.29 bits per heavy atom. The van der Waals surface area contributed by atoms with Crippen molar-refractivity contribution in [3.63, 3.8) is 0 Å². The van der Waals surface area contributed by atoms with E-state index in [0.29, 0.717) is 24.4 Å². The Morgan fingerprint density at radius 2 is 2.03 bits per heavy atom. The van der Waals surface area contributed by atoms with Crippen molar-refractivity contribution in [3.8, 4) is 0 Å². The van der Waals surface area contributed by atoms with Crippen molar-refractivity contribution in [2.45, 2.75) is 54.8 Å². The highest BCUT2D eigenvalue weighted by Crippen LogP contribution is 2.46. The summed E-state index contributed by atoms with van der Waals surface area (Å²) >= 11 is 2.94. The molecule has 4 rings (SSSR count). The van der Waals surface area contributed by atoms with Gasteiger partial charge in [-0.15, -0.1) is 10.2 Å². The molecular weight excluding hydrogens is 434 g/mol. The molecule has 2 atom stereocenters. The lowest BCUT2D eigenvalue weighted by atomic mass is 9.64. The van der Waals surface area contributed by atoms with Gasteiger partial charge in [-0.2, -0.15) is 0 Å². The third kappa shape index (κ3) is 4.74. The van der Waals surface area contributed by atoms with E-state index in [1.807, 2.05) is 12.1 Å². The molecule has 2 aromatic rings. The molecule has 1 spiro atoms. The van der Waals surface area contributed by atoms with E-state index >= 15 is 0 Å². The van der Waals surface area contributed by atoms with Crippen molar-refractivity contribution < 1.29 is 14.4 Å². The molecule has 2 N–H and O–H groups in total. The zero-order valence-electron chi connectivity index (χ0n) is 17.7. The zero-order chi connectivity index (χ0) is 22.2. The first-order valence-electron chi connectivity index (χ1n) is 10.1. The van der Waals surface area contributed by atoms with Gasteiger partial charge in [0.15, 0.2) is 4.34 Å². The fourth-order valence-electron chi connectivity index (χ4n) is 4.91. The number of rotatable bonds is 5. The summed E-state index contributed by atoms with van der Waals surface area (Å²) in [7, 11) is 0. The number of nitrogens with one attached hydrogen (secondary N) is 2. The molecule has 0 unspecified atom stereocenters. The van der Waals surface area contributed by atoms with Crippen molar-refractivity contribution in [3.05, 3.63) is 29.8 Å². The lowest BCUT2D eigenvalue weighted by Crippen LogP contribution is -2.54. The highest BCUT2D eigenvalue weighted by Gasteiger charge is 2.56. The number of hydrogen-bond acceptors (Lipinski definition) is 7. The predicted octanol–water partition coefficient (Wildman–Crippen LogP) is 3.76. The maximum absolute atomic E-state index is 13.2. The van der Waals surface area contributed by atoms with Crippen LogP contribution >= 0.6 is 23.1 Å². The minimum Gasteiger partial charge on any atom is -0.325 e. The third-order valence-corrected chi connectivity index (χ3v) is 7.39. The second-order valence-corrected chi connectivity index (χ2v) is 11.3. The first-order chi connectivity index (χ1) is 14.7. The normalized spacial score (nSPS) is 25.0. The number of nitrogens with zero attached hydrogens (tertiary/aromatic N) is 3. The van der Waals surface area contributed by atoms with Gasteiger partial charge in [0.25, 0.3) is 5.91 Å². The molecule has 2 heterocycles. The molecule has 1 aromatic heterocycles. The summed E-state index contributed by atoms with van der Waals surface area (Å²) in [5.74, 6) is -0.386. The Labute approximate surface area is 189 Å². The molecule has 0 radical (unpaired) electrons. The van der Waals surface area contributed by atoms with Gasteiger partial charge < -0.3 is 10.6 Å². The highest BCUT2D eigenvalue weighted by atomic mass is 32.2. The smallest absolute Gasteiger partial charge is 0.325 e. The lowest BCUT2D eigenvalue weighted by molar-refractivity contribution is -0.136. The SMILES string of the molecule is C[C@@H]1CC(C)(C)C[C@@]2(C1)NC(=O)N(CC(=O)Nc1ccc(Sc3nncs3)cc1)C2=O. The molecule has 2 fully saturated rings. The zero-order valence-corrected chi connectivity index (χ0v) is 19.3. The number of anilines is 1. The van der Waals surface area contributed by atoms with Crippen LogP contribution in [0.2, 0.25) is 0 Å². The fourth-order valence-corrected chi connectivity index (χ4v) is 6.36. The van der Waals surface area contributed by atoms with Gasteiger partial charge in [-0.1, -0.05) is 43.9 Å². The molecule has 2 aliphatic rings.